The summed E-state index contributed by atoms with van der Waals surface area (Å²) in [6.07, 6.45) is 4.64. The molecule has 2 fully saturated rings. The van der Waals surface area contributed by atoms with E-state index in [1.807, 2.05) is 37.8 Å². The molecule has 4 rings (SSSR count). The van der Waals surface area contributed by atoms with Crippen LogP contribution in [0.4, 0.5) is 4.79 Å². The van der Waals surface area contributed by atoms with Gasteiger partial charge in [0.1, 0.15) is 5.60 Å². The first kappa shape index (κ1) is 19.3. The summed E-state index contributed by atoms with van der Waals surface area (Å²) in [6, 6.07) is 14.9. The third kappa shape index (κ3) is 4.02. The molecule has 2 saturated heterocycles. The van der Waals surface area contributed by atoms with E-state index >= 15 is 0 Å². The van der Waals surface area contributed by atoms with Gasteiger partial charge in [-0.3, -0.25) is 0 Å². The van der Waals surface area contributed by atoms with Crippen LogP contribution in [0.15, 0.2) is 42.5 Å². The molecular weight excluding hydrogens is 350 g/mol. The normalized spacial score (nSPS) is 27.6. The van der Waals surface area contributed by atoms with E-state index < -0.39 is 11.2 Å². The summed E-state index contributed by atoms with van der Waals surface area (Å²) in [5.74, 6) is 0. The van der Waals surface area contributed by atoms with Gasteiger partial charge in [-0.1, -0.05) is 42.5 Å². The lowest BCUT2D eigenvalue weighted by molar-refractivity contribution is -0.0919. The number of rotatable bonds is 2. The van der Waals surface area contributed by atoms with Crippen molar-refractivity contribution >= 4 is 16.9 Å². The standard InChI is InChI=1S/C24H31NO3/c1-23(2,3)28-22(26)25-20-9-6-10-21(25)16-24(27,15-20)14-17-11-12-18-7-4-5-8-19(18)13-17/h4-5,7-8,11-13,20-21,27H,6,9-10,14-16H2,1-3H3. The van der Waals surface area contributed by atoms with Crippen molar-refractivity contribution < 1.29 is 14.6 Å². The largest absolute Gasteiger partial charge is 0.444 e. The van der Waals surface area contributed by atoms with Crippen molar-refractivity contribution in [3.63, 3.8) is 0 Å². The predicted molar refractivity (Wildman–Crippen MR) is 111 cm³/mol. The zero-order chi connectivity index (χ0) is 19.9. The average molecular weight is 382 g/mol. The zero-order valence-electron chi connectivity index (χ0n) is 17.1. The van der Waals surface area contributed by atoms with Gasteiger partial charge in [-0.15, -0.1) is 0 Å². The number of carbonyl (C=O) groups excluding carboxylic acids is 1. The smallest absolute Gasteiger partial charge is 0.410 e. The van der Waals surface area contributed by atoms with E-state index in [0.29, 0.717) is 19.3 Å². The molecule has 2 unspecified atom stereocenters. The molecular formula is C24H31NO3. The molecule has 2 heterocycles. The molecule has 2 bridgehead atoms. The van der Waals surface area contributed by atoms with Gasteiger partial charge >= 0.3 is 6.09 Å². The quantitative estimate of drug-likeness (QED) is 0.790. The number of nitrogens with zero attached hydrogens (tertiary/aromatic N) is 1. The Morgan fingerprint density at radius 2 is 1.75 bits per heavy atom. The van der Waals surface area contributed by atoms with Crippen LogP contribution in [0.5, 0.6) is 0 Å². The maximum absolute atomic E-state index is 12.8. The number of hydrogen-bond acceptors (Lipinski definition) is 3. The minimum Gasteiger partial charge on any atom is -0.444 e. The molecule has 2 atom stereocenters. The van der Waals surface area contributed by atoms with Gasteiger partial charge in [0.15, 0.2) is 0 Å². The molecule has 0 aliphatic carbocycles. The highest BCUT2D eigenvalue weighted by Gasteiger charge is 2.48. The maximum Gasteiger partial charge on any atom is 0.410 e. The topological polar surface area (TPSA) is 49.8 Å². The maximum atomic E-state index is 12.8. The number of aliphatic hydroxyl groups is 1. The molecule has 2 aromatic carbocycles. The van der Waals surface area contributed by atoms with Crippen molar-refractivity contribution in [3.05, 3.63) is 48.0 Å². The molecule has 28 heavy (non-hydrogen) atoms. The van der Waals surface area contributed by atoms with E-state index in [9.17, 15) is 9.90 Å². The molecule has 4 nitrogen and oxygen atoms in total. The third-order valence-electron chi connectivity index (χ3n) is 6.04. The summed E-state index contributed by atoms with van der Waals surface area (Å²) in [5.41, 5.74) is -0.106. The minimum absolute atomic E-state index is 0.0628. The van der Waals surface area contributed by atoms with Gasteiger partial charge in [-0.2, -0.15) is 0 Å². The van der Waals surface area contributed by atoms with Crippen LogP contribution in [0.1, 0.15) is 58.4 Å². The number of amides is 1. The van der Waals surface area contributed by atoms with Gasteiger partial charge in [0.25, 0.3) is 0 Å². The Hall–Kier alpha value is -2.07. The Balaban J connectivity index is 1.52. The number of hydrogen-bond donors (Lipinski definition) is 1. The molecule has 150 valence electrons. The second-order valence-corrected chi connectivity index (χ2v) is 9.62. The van der Waals surface area contributed by atoms with Crippen LogP contribution < -0.4 is 0 Å². The SMILES string of the molecule is CC(C)(C)OC(=O)N1C2CCCC1CC(O)(Cc1ccc3ccccc3c1)C2. The molecule has 0 aromatic heterocycles. The first-order valence-electron chi connectivity index (χ1n) is 10.4. The summed E-state index contributed by atoms with van der Waals surface area (Å²) in [7, 11) is 0. The Morgan fingerprint density at radius 1 is 1.11 bits per heavy atom. The summed E-state index contributed by atoms with van der Waals surface area (Å²) < 4.78 is 5.65. The minimum atomic E-state index is -0.767. The van der Waals surface area contributed by atoms with Crippen molar-refractivity contribution in [1.82, 2.24) is 4.90 Å². The summed E-state index contributed by atoms with van der Waals surface area (Å²) in [5, 5.41) is 13.9. The molecule has 2 aliphatic heterocycles. The summed E-state index contributed by atoms with van der Waals surface area (Å²) >= 11 is 0. The van der Waals surface area contributed by atoms with Crippen LogP contribution in [0, 0.1) is 0 Å². The Bertz CT molecular complexity index is 856. The molecule has 0 spiro atoms. The van der Waals surface area contributed by atoms with Crippen LogP contribution in [0.2, 0.25) is 0 Å². The fourth-order valence-electron chi connectivity index (χ4n) is 5.01. The summed E-state index contributed by atoms with van der Waals surface area (Å²) in [4.78, 5) is 14.7. The van der Waals surface area contributed by atoms with E-state index in [1.54, 1.807) is 0 Å². The summed E-state index contributed by atoms with van der Waals surface area (Å²) in [6.45, 7) is 5.71. The highest BCUT2D eigenvalue weighted by molar-refractivity contribution is 5.83. The second kappa shape index (κ2) is 7.07. The Kier molecular flexibility index (Phi) is 4.86. The van der Waals surface area contributed by atoms with E-state index in [4.69, 9.17) is 4.74 Å². The van der Waals surface area contributed by atoms with Crippen molar-refractivity contribution in [2.24, 2.45) is 0 Å². The van der Waals surface area contributed by atoms with Crippen LogP contribution in [-0.4, -0.2) is 39.4 Å². The van der Waals surface area contributed by atoms with E-state index in [2.05, 4.69) is 30.3 Å². The first-order chi connectivity index (χ1) is 13.2. The van der Waals surface area contributed by atoms with Crippen molar-refractivity contribution in [2.45, 2.75) is 82.6 Å². The fraction of sp³-hybridized carbons (Fsp3) is 0.542. The lowest BCUT2D eigenvalue weighted by Crippen LogP contribution is -2.61. The van der Waals surface area contributed by atoms with Crippen LogP contribution in [0.3, 0.4) is 0 Å². The fourth-order valence-corrected chi connectivity index (χ4v) is 5.01. The van der Waals surface area contributed by atoms with Crippen LogP contribution in [-0.2, 0) is 11.2 Å². The third-order valence-corrected chi connectivity index (χ3v) is 6.04. The van der Waals surface area contributed by atoms with Gasteiger partial charge < -0.3 is 14.7 Å². The highest BCUT2D eigenvalue weighted by Crippen LogP contribution is 2.41. The molecule has 0 saturated carbocycles. The van der Waals surface area contributed by atoms with E-state index in [1.165, 1.54) is 10.8 Å². The van der Waals surface area contributed by atoms with Crippen LogP contribution >= 0.6 is 0 Å². The van der Waals surface area contributed by atoms with Gasteiger partial charge in [0.2, 0.25) is 0 Å². The predicted octanol–water partition coefficient (Wildman–Crippen LogP) is 5.07. The monoisotopic (exact) mass is 381 g/mol. The average Bonchev–Trinajstić information content (AvgIpc) is 2.59. The zero-order valence-corrected chi connectivity index (χ0v) is 17.1. The Labute approximate surface area is 167 Å². The van der Waals surface area contributed by atoms with E-state index in [-0.39, 0.29) is 18.2 Å². The second-order valence-electron chi connectivity index (χ2n) is 9.62. The van der Waals surface area contributed by atoms with Gasteiger partial charge in [0.05, 0.1) is 5.60 Å². The first-order valence-corrected chi connectivity index (χ1v) is 10.4. The lowest BCUT2D eigenvalue weighted by Gasteiger charge is -2.51. The number of ether oxygens (including phenoxy) is 1. The molecule has 4 heteroatoms. The molecule has 2 aromatic rings. The Morgan fingerprint density at radius 3 is 2.39 bits per heavy atom. The van der Waals surface area contributed by atoms with Crippen LogP contribution in [0.25, 0.3) is 10.8 Å². The van der Waals surface area contributed by atoms with E-state index in [0.717, 1.165) is 24.8 Å². The lowest BCUT2D eigenvalue weighted by atomic mass is 9.73. The molecule has 1 N–H and O–H groups in total. The number of carbonyl (C=O) groups is 1. The van der Waals surface area contributed by atoms with Crippen molar-refractivity contribution in [2.75, 3.05) is 0 Å². The van der Waals surface area contributed by atoms with Crippen molar-refractivity contribution in [1.29, 1.82) is 0 Å². The van der Waals surface area contributed by atoms with Crippen molar-refractivity contribution in [3.8, 4) is 0 Å². The van der Waals surface area contributed by atoms with Gasteiger partial charge in [-0.05, 0) is 69.2 Å². The molecule has 0 radical (unpaired) electrons. The number of fused-ring (bicyclic) bond motifs is 3. The van der Waals surface area contributed by atoms with Gasteiger partial charge in [-0.25, -0.2) is 4.79 Å². The molecule has 2 aliphatic rings. The highest BCUT2D eigenvalue weighted by atomic mass is 16.6. The van der Waals surface area contributed by atoms with Gasteiger partial charge in [0, 0.05) is 18.5 Å². The number of benzene rings is 2. The number of piperidine rings is 2. The molecule has 1 amide bonds.